The summed E-state index contributed by atoms with van der Waals surface area (Å²) in [6.07, 6.45) is 4.25. The van der Waals surface area contributed by atoms with Crippen molar-refractivity contribution in [3.05, 3.63) is 22.1 Å². The molecule has 0 radical (unpaired) electrons. The molecule has 0 aromatic rings. The first-order valence-corrected chi connectivity index (χ1v) is 7.65. The summed E-state index contributed by atoms with van der Waals surface area (Å²) < 4.78 is 9.95. The fourth-order valence-corrected chi connectivity index (χ4v) is 2.07. The molecule has 2 saturated heterocycles. The summed E-state index contributed by atoms with van der Waals surface area (Å²) in [7, 11) is 0. The molecule has 0 amide bonds. The molecule has 8 heteroatoms. The van der Waals surface area contributed by atoms with E-state index >= 15 is 0 Å². The molecule has 6 nitrogen and oxygen atoms in total. The van der Waals surface area contributed by atoms with Crippen LogP contribution in [0.5, 0.6) is 0 Å². The van der Waals surface area contributed by atoms with Gasteiger partial charge in [-0.1, -0.05) is 25.7 Å². The normalized spacial score (nSPS) is 27.5. The quantitative estimate of drug-likeness (QED) is 0.461. The molecular formula is C14H28ClN4O2Pt-3. The predicted octanol–water partition coefficient (Wildman–Crippen LogP) is 0.184. The number of rotatable bonds is 0. The summed E-state index contributed by atoms with van der Waals surface area (Å²) in [6, 6.07) is -0.160. The Bertz CT molecular complexity index is 178. The Morgan fingerprint density at radius 2 is 1.00 bits per heavy atom. The molecule has 3 rings (SSSR count). The minimum absolute atomic E-state index is 0. The summed E-state index contributed by atoms with van der Waals surface area (Å²) in [5.74, 6) is 0. The summed E-state index contributed by atoms with van der Waals surface area (Å²) in [5, 5.41) is 8.10. The Kier molecular flexibility index (Phi) is 20.5. The van der Waals surface area contributed by atoms with Gasteiger partial charge in [-0.25, -0.2) is 0 Å². The van der Waals surface area contributed by atoms with Crippen molar-refractivity contribution in [2.45, 2.75) is 37.8 Å². The Morgan fingerprint density at radius 3 is 1.14 bits per heavy atom. The number of nitrogens with one attached hydrogen (secondary N) is 2. The summed E-state index contributed by atoms with van der Waals surface area (Å²) in [5.41, 5.74) is 14.6. The van der Waals surface area contributed by atoms with Crippen molar-refractivity contribution in [2.24, 2.45) is 0 Å². The van der Waals surface area contributed by atoms with E-state index in [0.717, 1.165) is 65.4 Å². The maximum atomic E-state index is 7.29. The molecule has 1 aliphatic carbocycles. The van der Waals surface area contributed by atoms with Crippen LogP contribution in [0.1, 0.15) is 25.7 Å². The van der Waals surface area contributed by atoms with Crippen molar-refractivity contribution in [1.82, 2.24) is 0 Å². The molecule has 0 aromatic heterocycles. The standard InChI is InChI=1S/C6H12N2.2C4H8NO.ClH.Pt/c7-5-3-1-2-4-6(5)8;2*1-3-6-4-2-5-1;;/h5-8H,1-4H2;2*1-4H2;1H;/q-2;2*-1;;+2/p-1. The van der Waals surface area contributed by atoms with Gasteiger partial charge >= 0.3 is 21.1 Å². The van der Waals surface area contributed by atoms with Gasteiger partial charge in [0, 0.05) is 26.4 Å². The fourth-order valence-electron chi connectivity index (χ4n) is 2.07. The van der Waals surface area contributed by atoms with E-state index in [1.807, 2.05) is 0 Å². The van der Waals surface area contributed by atoms with Crippen molar-refractivity contribution in [1.29, 1.82) is 0 Å². The number of hydrogen-bond acceptors (Lipinski definition) is 2. The van der Waals surface area contributed by atoms with Crippen molar-refractivity contribution < 1.29 is 42.9 Å². The Balaban J connectivity index is 0. The molecule has 0 bridgehead atoms. The van der Waals surface area contributed by atoms with E-state index in [9.17, 15) is 0 Å². The number of nitrogens with zero attached hydrogens (tertiary/aromatic N) is 2. The Labute approximate surface area is 155 Å². The summed E-state index contributed by atoms with van der Waals surface area (Å²) >= 11 is 0. The number of ether oxygens (including phenoxy) is 2. The van der Waals surface area contributed by atoms with Gasteiger partial charge in [-0.15, -0.1) is 26.2 Å². The van der Waals surface area contributed by atoms with Gasteiger partial charge in [0.2, 0.25) is 0 Å². The maximum Gasteiger partial charge on any atom is 2.00 e. The average Bonchev–Trinajstić information content (AvgIpc) is 2.55. The third-order valence-electron chi connectivity index (χ3n) is 3.34. The molecule has 0 spiro atoms. The largest absolute Gasteiger partial charge is 2.00 e. The Morgan fingerprint density at radius 1 is 0.682 bits per heavy atom. The van der Waals surface area contributed by atoms with E-state index in [4.69, 9.17) is 20.9 Å². The van der Waals surface area contributed by atoms with Crippen molar-refractivity contribution in [2.75, 3.05) is 52.6 Å². The predicted molar refractivity (Wildman–Crippen MR) is 82.5 cm³/mol. The zero-order valence-electron chi connectivity index (χ0n) is 13.0. The minimum Gasteiger partial charge on any atom is -1.00 e. The van der Waals surface area contributed by atoms with Gasteiger partial charge in [0.1, 0.15) is 0 Å². The van der Waals surface area contributed by atoms with Gasteiger partial charge in [0.25, 0.3) is 0 Å². The van der Waals surface area contributed by atoms with Gasteiger partial charge in [-0.2, -0.15) is 12.1 Å². The monoisotopic (exact) mass is 514 g/mol. The zero-order valence-corrected chi connectivity index (χ0v) is 16.1. The molecular weight excluding hydrogens is 487 g/mol. The van der Waals surface area contributed by atoms with Crippen LogP contribution in [-0.2, 0) is 30.5 Å². The van der Waals surface area contributed by atoms with Crippen LogP contribution in [0.4, 0.5) is 0 Å². The smallest absolute Gasteiger partial charge is 1.00 e. The van der Waals surface area contributed by atoms with Crippen LogP contribution in [-0.4, -0.2) is 64.7 Å². The van der Waals surface area contributed by atoms with Crippen LogP contribution in [0.2, 0.25) is 0 Å². The molecule has 2 unspecified atom stereocenters. The molecule has 2 N–H and O–H groups in total. The SMILES string of the molecule is C1COCC[N-]1.C1COCC[N-]1.[Cl-].[NH-]C1CCCCC1[NH-].[Pt+2]. The van der Waals surface area contributed by atoms with Crippen LogP contribution in [0.15, 0.2) is 0 Å². The second-order valence-electron chi connectivity index (χ2n) is 5.06. The third kappa shape index (κ3) is 14.3. The van der Waals surface area contributed by atoms with Gasteiger partial charge in [0.15, 0.2) is 0 Å². The fraction of sp³-hybridized carbons (Fsp3) is 1.00. The number of hydrogen-bond donors (Lipinski definition) is 0. The van der Waals surface area contributed by atoms with Crippen molar-refractivity contribution in [3.8, 4) is 0 Å². The summed E-state index contributed by atoms with van der Waals surface area (Å²) in [4.78, 5) is 0. The summed E-state index contributed by atoms with van der Waals surface area (Å²) in [6.45, 7) is 6.94. The second-order valence-corrected chi connectivity index (χ2v) is 5.06. The van der Waals surface area contributed by atoms with Crippen LogP contribution in [0, 0.1) is 0 Å². The first-order chi connectivity index (χ1) is 9.80. The Hall–Kier alpha value is 0.738. The molecule has 1 saturated carbocycles. The number of halogens is 1. The van der Waals surface area contributed by atoms with Gasteiger partial charge in [-0.05, 0) is 0 Å². The minimum atomic E-state index is -0.0799. The van der Waals surface area contributed by atoms with E-state index < -0.39 is 0 Å². The van der Waals surface area contributed by atoms with E-state index in [1.165, 1.54) is 12.8 Å². The van der Waals surface area contributed by atoms with Crippen LogP contribution in [0.25, 0.3) is 22.1 Å². The first kappa shape index (κ1) is 25.0. The van der Waals surface area contributed by atoms with Gasteiger partial charge in [-0.3, -0.25) is 0 Å². The van der Waals surface area contributed by atoms with Crippen molar-refractivity contribution in [3.63, 3.8) is 0 Å². The molecule has 3 aliphatic rings. The molecule has 22 heavy (non-hydrogen) atoms. The third-order valence-corrected chi connectivity index (χ3v) is 3.34. The second kappa shape index (κ2) is 18.1. The average molecular weight is 515 g/mol. The van der Waals surface area contributed by atoms with Gasteiger partial charge < -0.3 is 44.0 Å². The van der Waals surface area contributed by atoms with Crippen LogP contribution >= 0.6 is 0 Å². The molecule has 2 atom stereocenters. The molecule has 0 aromatic carbocycles. The van der Waals surface area contributed by atoms with Gasteiger partial charge in [0.05, 0.1) is 0 Å². The van der Waals surface area contributed by atoms with E-state index in [-0.39, 0.29) is 45.6 Å². The van der Waals surface area contributed by atoms with Crippen LogP contribution in [0.3, 0.4) is 0 Å². The zero-order chi connectivity index (χ0) is 14.5. The maximum absolute atomic E-state index is 7.29. The molecule has 136 valence electrons. The van der Waals surface area contributed by atoms with E-state index in [1.54, 1.807) is 0 Å². The van der Waals surface area contributed by atoms with Crippen LogP contribution < -0.4 is 12.4 Å². The topological polar surface area (TPSA) is 94.3 Å². The number of morpholine rings is 2. The molecule has 3 fully saturated rings. The van der Waals surface area contributed by atoms with E-state index in [0.29, 0.717) is 0 Å². The first-order valence-electron chi connectivity index (χ1n) is 7.65. The van der Waals surface area contributed by atoms with E-state index in [2.05, 4.69) is 10.6 Å². The molecule has 2 aliphatic heterocycles. The molecule has 2 heterocycles. The van der Waals surface area contributed by atoms with Crippen molar-refractivity contribution >= 4 is 0 Å².